The van der Waals surface area contributed by atoms with Crippen molar-refractivity contribution in [2.75, 3.05) is 12.3 Å². The Bertz CT molecular complexity index is 408. The highest BCUT2D eigenvalue weighted by Crippen LogP contribution is 2.35. The second-order valence-corrected chi connectivity index (χ2v) is 5.08. The molecule has 2 rings (SSSR count). The van der Waals surface area contributed by atoms with Crippen molar-refractivity contribution in [2.45, 2.75) is 18.3 Å². The van der Waals surface area contributed by atoms with Crippen molar-refractivity contribution in [2.24, 2.45) is 0 Å². The Balaban J connectivity index is 2.25. The van der Waals surface area contributed by atoms with Crippen molar-refractivity contribution >= 4 is 17.7 Å². The fourth-order valence-electron chi connectivity index (χ4n) is 1.92. The first-order chi connectivity index (χ1) is 7.62. The SMILES string of the molecule is CC(=O)NCC1(O)CSCc2ccccc21. The standard InChI is InChI=1S/C12H15NO2S/c1-9(14)13-7-12(15)8-16-6-10-4-2-3-5-11(10)12/h2-5,15H,6-8H2,1H3,(H,13,14). The van der Waals surface area contributed by atoms with Crippen LogP contribution in [0.1, 0.15) is 18.1 Å². The molecule has 0 aliphatic carbocycles. The zero-order chi connectivity index (χ0) is 11.6. The van der Waals surface area contributed by atoms with E-state index < -0.39 is 5.60 Å². The maximum absolute atomic E-state index is 10.9. The molecule has 0 fully saturated rings. The van der Waals surface area contributed by atoms with Crippen LogP contribution in [0.5, 0.6) is 0 Å². The molecule has 1 atom stereocenters. The monoisotopic (exact) mass is 237 g/mol. The van der Waals surface area contributed by atoms with E-state index >= 15 is 0 Å². The van der Waals surface area contributed by atoms with E-state index in [-0.39, 0.29) is 12.5 Å². The summed E-state index contributed by atoms with van der Waals surface area (Å²) in [4.78, 5) is 10.9. The summed E-state index contributed by atoms with van der Waals surface area (Å²) in [6, 6.07) is 7.87. The van der Waals surface area contributed by atoms with Crippen LogP contribution in [0.3, 0.4) is 0 Å². The number of hydrogen-bond donors (Lipinski definition) is 2. The number of carbonyl (C=O) groups is 1. The molecule has 0 saturated heterocycles. The summed E-state index contributed by atoms with van der Waals surface area (Å²) in [5.41, 5.74) is 1.18. The first-order valence-electron chi connectivity index (χ1n) is 5.25. The van der Waals surface area contributed by atoms with Crippen molar-refractivity contribution in [3.05, 3.63) is 35.4 Å². The molecule has 1 unspecified atom stereocenters. The van der Waals surface area contributed by atoms with Crippen molar-refractivity contribution in [3.63, 3.8) is 0 Å². The van der Waals surface area contributed by atoms with Gasteiger partial charge in [-0.15, -0.1) is 0 Å². The van der Waals surface area contributed by atoms with Crippen LogP contribution >= 0.6 is 11.8 Å². The minimum absolute atomic E-state index is 0.110. The highest BCUT2D eigenvalue weighted by Gasteiger charge is 2.34. The van der Waals surface area contributed by atoms with Gasteiger partial charge in [0, 0.05) is 18.4 Å². The normalized spacial score (nSPS) is 23.6. The largest absolute Gasteiger partial charge is 0.382 e. The lowest BCUT2D eigenvalue weighted by atomic mass is 9.91. The summed E-state index contributed by atoms with van der Waals surface area (Å²) in [6.07, 6.45) is 0. The smallest absolute Gasteiger partial charge is 0.216 e. The predicted molar refractivity (Wildman–Crippen MR) is 65.2 cm³/mol. The molecule has 86 valence electrons. The van der Waals surface area contributed by atoms with Crippen LogP contribution in [0, 0.1) is 0 Å². The second-order valence-electron chi connectivity index (χ2n) is 4.09. The van der Waals surface area contributed by atoms with E-state index in [1.165, 1.54) is 6.92 Å². The minimum atomic E-state index is -0.925. The number of amides is 1. The summed E-state index contributed by atoms with van der Waals surface area (Å²) in [5.74, 6) is 1.45. The molecular formula is C12H15NO2S. The van der Waals surface area contributed by atoms with E-state index in [9.17, 15) is 9.90 Å². The zero-order valence-corrected chi connectivity index (χ0v) is 10.0. The lowest BCUT2D eigenvalue weighted by molar-refractivity contribution is -0.120. The topological polar surface area (TPSA) is 49.3 Å². The maximum Gasteiger partial charge on any atom is 0.216 e. The van der Waals surface area contributed by atoms with E-state index in [1.807, 2.05) is 24.3 Å². The quantitative estimate of drug-likeness (QED) is 0.814. The van der Waals surface area contributed by atoms with Crippen molar-refractivity contribution in [1.82, 2.24) is 5.32 Å². The van der Waals surface area contributed by atoms with Crippen molar-refractivity contribution in [3.8, 4) is 0 Å². The van der Waals surface area contributed by atoms with Gasteiger partial charge in [0.05, 0.1) is 6.54 Å². The Labute approximate surface area is 99.2 Å². The molecule has 1 amide bonds. The van der Waals surface area contributed by atoms with E-state index in [2.05, 4.69) is 5.32 Å². The third-order valence-electron chi connectivity index (χ3n) is 2.75. The van der Waals surface area contributed by atoms with Crippen LogP contribution in [0.15, 0.2) is 24.3 Å². The molecule has 3 nitrogen and oxygen atoms in total. The summed E-state index contributed by atoms with van der Waals surface area (Å²) >= 11 is 1.69. The number of nitrogens with one attached hydrogen (secondary N) is 1. The van der Waals surface area contributed by atoms with Gasteiger partial charge in [0.2, 0.25) is 5.91 Å². The van der Waals surface area contributed by atoms with Gasteiger partial charge in [-0.1, -0.05) is 24.3 Å². The molecule has 0 spiro atoms. The minimum Gasteiger partial charge on any atom is -0.382 e. The van der Waals surface area contributed by atoms with Gasteiger partial charge >= 0.3 is 0 Å². The van der Waals surface area contributed by atoms with Crippen LogP contribution in [-0.2, 0) is 16.1 Å². The number of rotatable bonds is 2. The van der Waals surface area contributed by atoms with Gasteiger partial charge in [-0.25, -0.2) is 0 Å². The Morgan fingerprint density at radius 3 is 3.06 bits per heavy atom. The molecule has 1 heterocycles. The third-order valence-corrected chi connectivity index (χ3v) is 3.94. The molecule has 0 aromatic heterocycles. The predicted octanol–water partition coefficient (Wildman–Crippen LogP) is 1.26. The van der Waals surface area contributed by atoms with Gasteiger partial charge < -0.3 is 10.4 Å². The highest BCUT2D eigenvalue weighted by atomic mass is 32.2. The molecule has 1 aliphatic rings. The van der Waals surface area contributed by atoms with Crippen LogP contribution in [0.25, 0.3) is 0 Å². The van der Waals surface area contributed by atoms with Crippen LogP contribution in [0.4, 0.5) is 0 Å². The van der Waals surface area contributed by atoms with E-state index in [0.29, 0.717) is 5.75 Å². The Morgan fingerprint density at radius 1 is 1.56 bits per heavy atom. The molecule has 0 saturated carbocycles. The number of hydrogen-bond acceptors (Lipinski definition) is 3. The molecule has 1 aliphatic heterocycles. The average Bonchev–Trinajstić information content (AvgIpc) is 2.27. The number of carbonyl (C=O) groups excluding carboxylic acids is 1. The molecular weight excluding hydrogens is 222 g/mol. The molecule has 4 heteroatoms. The summed E-state index contributed by atoms with van der Waals surface area (Å²) in [7, 11) is 0. The molecule has 1 aromatic carbocycles. The average molecular weight is 237 g/mol. The van der Waals surface area contributed by atoms with Gasteiger partial charge in [-0.2, -0.15) is 11.8 Å². The summed E-state index contributed by atoms with van der Waals surface area (Å²) in [5, 5.41) is 13.2. The number of aliphatic hydroxyl groups is 1. The molecule has 0 radical (unpaired) electrons. The van der Waals surface area contributed by atoms with Crippen LogP contribution in [-0.4, -0.2) is 23.3 Å². The number of benzene rings is 1. The first-order valence-corrected chi connectivity index (χ1v) is 6.40. The molecule has 16 heavy (non-hydrogen) atoms. The van der Waals surface area contributed by atoms with Gasteiger partial charge in [0.1, 0.15) is 5.60 Å². The lowest BCUT2D eigenvalue weighted by Gasteiger charge is -2.34. The molecule has 2 N–H and O–H groups in total. The third kappa shape index (κ3) is 2.23. The number of fused-ring (bicyclic) bond motifs is 1. The Kier molecular flexibility index (Phi) is 3.21. The van der Waals surface area contributed by atoms with Gasteiger partial charge in [-0.05, 0) is 11.1 Å². The van der Waals surface area contributed by atoms with Gasteiger partial charge in [0.25, 0.3) is 0 Å². The Morgan fingerprint density at radius 2 is 2.31 bits per heavy atom. The lowest BCUT2D eigenvalue weighted by Crippen LogP contribution is -2.44. The van der Waals surface area contributed by atoms with E-state index in [1.54, 1.807) is 11.8 Å². The highest BCUT2D eigenvalue weighted by molar-refractivity contribution is 7.98. The zero-order valence-electron chi connectivity index (χ0n) is 9.19. The fourth-order valence-corrected chi connectivity index (χ4v) is 3.09. The van der Waals surface area contributed by atoms with Gasteiger partial charge in [-0.3, -0.25) is 4.79 Å². The fraction of sp³-hybridized carbons (Fsp3) is 0.417. The molecule has 1 aromatic rings. The second kappa shape index (κ2) is 4.47. The summed E-state index contributed by atoms with van der Waals surface area (Å²) < 4.78 is 0. The number of thioether (sulfide) groups is 1. The van der Waals surface area contributed by atoms with Crippen LogP contribution in [0.2, 0.25) is 0 Å². The molecule has 0 bridgehead atoms. The van der Waals surface area contributed by atoms with Crippen LogP contribution < -0.4 is 5.32 Å². The maximum atomic E-state index is 10.9. The van der Waals surface area contributed by atoms with E-state index in [0.717, 1.165) is 16.9 Å². The van der Waals surface area contributed by atoms with Crippen molar-refractivity contribution in [1.29, 1.82) is 0 Å². The van der Waals surface area contributed by atoms with E-state index in [4.69, 9.17) is 0 Å². The van der Waals surface area contributed by atoms with Crippen molar-refractivity contribution < 1.29 is 9.90 Å². The summed E-state index contributed by atoms with van der Waals surface area (Å²) in [6.45, 7) is 1.75. The van der Waals surface area contributed by atoms with Gasteiger partial charge in [0.15, 0.2) is 0 Å². The first kappa shape index (κ1) is 11.5. The Hall–Kier alpha value is -1.00.